The number of hydrogen-bond acceptors (Lipinski definition) is 1. The molecule has 2 heteroatoms. The first kappa shape index (κ1) is 14.1. The second-order valence-electron chi connectivity index (χ2n) is 5.10. The Hall–Kier alpha value is -1.31. The van der Waals surface area contributed by atoms with Crippen molar-refractivity contribution in [3.8, 4) is 11.1 Å². The summed E-state index contributed by atoms with van der Waals surface area (Å²) in [6, 6.07) is 10.8. The molecule has 0 bridgehead atoms. The predicted octanol–water partition coefficient (Wildman–Crippen LogP) is 4.65. The van der Waals surface area contributed by atoms with Gasteiger partial charge < -0.3 is 5.32 Å². The minimum absolute atomic E-state index is 0.826. The van der Waals surface area contributed by atoms with Crippen LogP contribution in [0.3, 0.4) is 0 Å². The Morgan fingerprint density at radius 1 is 0.895 bits per heavy atom. The van der Waals surface area contributed by atoms with E-state index in [4.69, 9.17) is 11.6 Å². The van der Waals surface area contributed by atoms with Crippen molar-refractivity contribution in [2.75, 3.05) is 7.05 Å². The quantitative estimate of drug-likeness (QED) is 0.858. The van der Waals surface area contributed by atoms with Gasteiger partial charge >= 0.3 is 0 Å². The van der Waals surface area contributed by atoms with Crippen LogP contribution >= 0.6 is 11.6 Å². The summed E-state index contributed by atoms with van der Waals surface area (Å²) in [5, 5.41) is 4.00. The smallest absolute Gasteiger partial charge is 0.0487 e. The van der Waals surface area contributed by atoms with Crippen molar-refractivity contribution >= 4 is 11.6 Å². The summed E-state index contributed by atoms with van der Waals surface area (Å²) in [5.74, 6) is 0. The van der Waals surface area contributed by atoms with Crippen molar-refractivity contribution in [1.82, 2.24) is 5.32 Å². The SMILES string of the molecule is CNCc1ccc(-c2cc(C)c(C)cc2Cl)c(C)c1. The molecular weight excluding hydrogens is 254 g/mol. The fourth-order valence-electron chi connectivity index (χ4n) is 2.33. The van der Waals surface area contributed by atoms with Crippen LogP contribution in [0, 0.1) is 20.8 Å². The zero-order chi connectivity index (χ0) is 14.0. The molecular formula is C17H20ClN. The molecule has 2 aromatic rings. The van der Waals surface area contributed by atoms with E-state index in [0.29, 0.717) is 0 Å². The van der Waals surface area contributed by atoms with Crippen LogP contribution in [-0.4, -0.2) is 7.05 Å². The van der Waals surface area contributed by atoms with E-state index in [9.17, 15) is 0 Å². The number of benzene rings is 2. The molecule has 0 radical (unpaired) electrons. The third kappa shape index (κ3) is 2.99. The molecule has 2 rings (SSSR count). The van der Waals surface area contributed by atoms with Gasteiger partial charge in [0.2, 0.25) is 0 Å². The van der Waals surface area contributed by atoms with Gasteiger partial charge in [-0.1, -0.05) is 29.8 Å². The van der Waals surface area contributed by atoms with Gasteiger partial charge in [0.1, 0.15) is 0 Å². The van der Waals surface area contributed by atoms with E-state index in [1.807, 2.05) is 13.1 Å². The Morgan fingerprint density at radius 2 is 1.58 bits per heavy atom. The molecule has 2 aromatic carbocycles. The monoisotopic (exact) mass is 273 g/mol. The van der Waals surface area contributed by atoms with Crippen LogP contribution in [0.25, 0.3) is 11.1 Å². The first-order valence-electron chi connectivity index (χ1n) is 6.54. The summed E-state index contributed by atoms with van der Waals surface area (Å²) >= 11 is 6.40. The molecule has 0 aliphatic carbocycles. The van der Waals surface area contributed by atoms with Crippen molar-refractivity contribution in [2.24, 2.45) is 0 Å². The number of halogens is 1. The van der Waals surface area contributed by atoms with Gasteiger partial charge in [-0.05, 0) is 67.8 Å². The van der Waals surface area contributed by atoms with Crippen LogP contribution in [0.1, 0.15) is 22.3 Å². The topological polar surface area (TPSA) is 12.0 Å². The Kier molecular flexibility index (Phi) is 4.28. The molecule has 0 amide bonds. The molecule has 0 aliphatic rings. The van der Waals surface area contributed by atoms with Crippen molar-refractivity contribution in [1.29, 1.82) is 0 Å². The molecule has 1 N–H and O–H groups in total. The first-order valence-corrected chi connectivity index (χ1v) is 6.92. The van der Waals surface area contributed by atoms with Crippen LogP contribution in [-0.2, 0) is 6.54 Å². The molecule has 0 spiro atoms. The molecule has 1 nitrogen and oxygen atoms in total. The van der Waals surface area contributed by atoms with Gasteiger partial charge in [-0.2, -0.15) is 0 Å². The fraction of sp³-hybridized carbons (Fsp3) is 0.294. The number of hydrogen-bond donors (Lipinski definition) is 1. The summed E-state index contributed by atoms with van der Waals surface area (Å²) < 4.78 is 0. The molecule has 0 heterocycles. The predicted molar refractivity (Wildman–Crippen MR) is 83.9 cm³/mol. The Morgan fingerprint density at radius 3 is 2.21 bits per heavy atom. The lowest BCUT2D eigenvalue weighted by Gasteiger charge is -2.12. The molecule has 0 atom stereocenters. The highest BCUT2D eigenvalue weighted by Gasteiger charge is 2.09. The zero-order valence-corrected chi connectivity index (χ0v) is 12.7. The maximum Gasteiger partial charge on any atom is 0.0487 e. The van der Waals surface area contributed by atoms with E-state index in [-0.39, 0.29) is 0 Å². The number of aryl methyl sites for hydroxylation is 3. The second kappa shape index (κ2) is 5.77. The molecule has 0 aliphatic heterocycles. The largest absolute Gasteiger partial charge is 0.316 e. The van der Waals surface area contributed by atoms with Crippen LogP contribution in [0.4, 0.5) is 0 Å². The van der Waals surface area contributed by atoms with E-state index < -0.39 is 0 Å². The van der Waals surface area contributed by atoms with Crippen molar-refractivity contribution in [2.45, 2.75) is 27.3 Å². The maximum absolute atomic E-state index is 6.40. The molecule has 0 unspecified atom stereocenters. The van der Waals surface area contributed by atoms with Crippen LogP contribution < -0.4 is 5.32 Å². The zero-order valence-electron chi connectivity index (χ0n) is 12.0. The minimum atomic E-state index is 0.826. The second-order valence-corrected chi connectivity index (χ2v) is 5.50. The Bertz CT molecular complexity index is 602. The summed E-state index contributed by atoms with van der Waals surface area (Å²) in [4.78, 5) is 0. The molecule has 0 saturated carbocycles. The third-order valence-corrected chi connectivity index (χ3v) is 3.86. The third-order valence-electron chi connectivity index (χ3n) is 3.55. The van der Waals surface area contributed by atoms with Gasteiger partial charge in [0.25, 0.3) is 0 Å². The first-order chi connectivity index (χ1) is 9.02. The van der Waals surface area contributed by atoms with Crippen molar-refractivity contribution in [3.63, 3.8) is 0 Å². The number of rotatable bonds is 3. The molecule has 19 heavy (non-hydrogen) atoms. The molecule has 0 aromatic heterocycles. The van der Waals surface area contributed by atoms with Gasteiger partial charge in [0.05, 0.1) is 0 Å². The molecule has 100 valence electrons. The van der Waals surface area contributed by atoms with Crippen LogP contribution in [0.5, 0.6) is 0 Å². The highest BCUT2D eigenvalue weighted by atomic mass is 35.5. The van der Waals surface area contributed by atoms with Gasteiger partial charge in [-0.3, -0.25) is 0 Å². The van der Waals surface area contributed by atoms with Crippen LogP contribution in [0.2, 0.25) is 5.02 Å². The van der Waals surface area contributed by atoms with E-state index in [1.54, 1.807) is 0 Å². The highest BCUT2D eigenvalue weighted by molar-refractivity contribution is 6.33. The molecule has 0 fully saturated rings. The van der Waals surface area contributed by atoms with Crippen molar-refractivity contribution in [3.05, 3.63) is 57.6 Å². The average molecular weight is 274 g/mol. The Labute approximate surface area is 120 Å². The van der Waals surface area contributed by atoms with E-state index in [2.05, 4.69) is 50.4 Å². The van der Waals surface area contributed by atoms with E-state index in [1.165, 1.54) is 27.8 Å². The minimum Gasteiger partial charge on any atom is -0.316 e. The molecule has 0 saturated heterocycles. The van der Waals surface area contributed by atoms with Crippen LogP contribution in [0.15, 0.2) is 30.3 Å². The lowest BCUT2D eigenvalue weighted by atomic mass is 9.95. The fourth-order valence-corrected chi connectivity index (χ4v) is 2.65. The summed E-state index contributed by atoms with van der Waals surface area (Å²) in [6.45, 7) is 7.25. The lowest BCUT2D eigenvalue weighted by molar-refractivity contribution is 0.817. The normalized spacial score (nSPS) is 10.8. The van der Waals surface area contributed by atoms with Crippen molar-refractivity contribution < 1.29 is 0 Å². The summed E-state index contributed by atoms with van der Waals surface area (Å²) in [5.41, 5.74) is 7.41. The van der Waals surface area contributed by atoms with E-state index >= 15 is 0 Å². The standard InChI is InChI=1S/C17H20ClN/c1-11-8-16(17(18)9-12(11)2)15-6-5-14(10-19-4)7-13(15)3/h5-9,19H,10H2,1-4H3. The average Bonchev–Trinajstić information content (AvgIpc) is 2.35. The van der Waals surface area contributed by atoms with Gasteiger partial charge in [0, 0.05) is 17.1 Å². The highest BCUT2D eigenvalue weighted by Crippen LogP contribution is 2.33. The summed E-state index contributed by atoms with van der Waals surface area (Å²) in [7, 11) is 1.96. The maximum atomic E-state index is 6.40. The van der Waals surface area contributed by atoms with E-state index in [0.717, 1.165) is 17.1 Å². The Balaban J connectivity index is 2.50. The van der Waals surface area contributed by atoms with Gasteiger partial charge in [0.15, 0.2) is 0 Å². The van der Waals surface area contributed by atoms with Gasteiger partial charge in [-0.25, -0.2) is 0 Å². The summed E-state index contributed by atoms with van der Waals surface area (Å²) in [6.07, 6.45) is 0. The number of nitrogens with one attached hydrogen (secondary N) is 1. The lowest BCUT2D eigenvalue weighted by Crippen LogP contribution is -2.05. The van der Waals surface area contributed by atoms with Gasteiger partial charge in [-0.15, -0.1) is 0 Å².